The number of carbonyl (C=O) groups excluding carboxylic acids is 1. The van der Waals surface area contributed by atoms with Gasteiger partial charge in [0.1, 0.15) is 17.6 Å². The normalized spacial score (nSPS) is 21.5. The van der Waals surface area contributed by atoms with E-state index in [1.165, 1.54) is 12.7 Å². The van der Waals surface area contributed by atoms with Crippen LogP contribution in [0.5, 0.6) is 5.75 Å². The second-order valence-electron chi connectivity index (χ2n) is 6.17. The molecule has 0 unspecified atom stereocenters. The van der Waals surface area contributed by atoms with Crippen molar-refractivity contribution in [2.24, 2.45) is 0 Å². The van der Waals surface area contributed by atoms with E-state index in [1.807, 2.05) is 24.3 Å². The molecule has 1 aromatic carbocycles. The van der Waals surface area contributed by atoms with E-state index in [-0.39, 0.29) is 24.0 Å². The molecule has 114 valence electrons. The second kappa shape index (κ2) is 5.16. The van der Waals surface area contributed by atoms with Crippen LogP contribution in [0.15, 0.2) is 41.1 Å². The molecular formula is C17H18N2O3. The summed E-state index contributed by atoms with van der Waals surface area (Å²) >= 11 is 0. The van der Waals surface area contributed by atoms with Crippen molar-refractivity contribution >= 4 is 5.91 Å². The van der Waals surface area contributed by atoms with Gasteiger partial charge >= 0.3 is 0 Å². The van der Waals surface area contributed by atoms with E-state index in [0.717, 1.165) is 30.6 Å². The van der Waals surface area contributed by atoms with Gasteiger partial charge in [0.25, 0.3) is 0 Å². The predicted octanol–water partition coefficient (Wildman–Crippen LogP) is 2.78. The van der Waals surface area contributed by atoms with Gasteiger partial charge in [0.15, 0.2) is 0 Å². The topological polar surface area (TPSA) is 64.4 Å². The highest BCUT2D eigenvalue weighted by Crippen LogP contribution is 2.48. The molecule has 1 spiro atoms. The van der Waals surface area contributed by atoms with Crippen LogP contribution in [-0.2, 0) is 11.2 Å². The number of amides is 1. The number of nitrogens with zero attached hydrogens (tertiary/aromatic N) is 1. The first kappa shape index (κ1) is 13.4. The first-order valence-corrected chi connectivity index (χ1v) is 7.71. The maximum Gasteiger partial charge on any atom is 0.226 e. The summed E-state index contributed by atoms with van der Waals surface area (Å²) in [6, 6.07) is 9.70. The van der Waals surface area contributed by atoms with Gasteiger partial charge in [-0.1, -0.05) is 23.4 Å². The number of benzene rings is 1. The fraction of sp³-hybridized carbons (Fsp3) is 0.412. The predicted molar refractivity (Wildman–Crippen MR) is 79.4 cm³/mol. The maximum atomic E-state index is 12.3. The lowest BCUT2D eigenvalue weighted by molar-refractivity contribution is -0.122. The number of hydrogen-bond acceptors (Lipinski definition) is 4. The highest BCUT2D eigenvalue weighted by Gasteiger charge is 2.45. The summed E-state index contributed by atoms with van der Waals surface area (Å²) in [6.45, 7) is 0. The Labute approximate surface area is 128 Å². The highest BCUT2D eigenvalue weighted by molar-refractivity contribution is 5.78. The summed E-state index contributed by atoms with van der Waals surface area (Å²) < 4.78 is 11.0. The molecule has 0 radical (unpaired) electrons. The molecule has 1 aliphatic carbocycles. The smallest absolute Gasteiger partial charge is 0.226 e. The zero-order valence-corrected chi connectivity index (χ0v) is 12.2. The van der Waals surface area contributed by atoms with E-state index >= 15 is 0 Å². The van der Waals surface area contributed by atoms with Crippen LogP contribution in [0.3, 0.4) is 0 Å². The summed E-state index contributed by atoms with van der Waals surface area (Å²) in [4.78, 5) is 12.3. The first-order chi connectivity index (χ1) is 10.7. The fourth-order valence-electron chi connectivity index (χ4n) is 3.36. The van der Waals surface area contributed by atoms with Gasteiger partial charge in [-0.2, -0.15) is 0 Å². The van der Waals surface area contributed by atoms with Crippen molar-refractivity contribution in [3.05, 3.63) is 47.9 Å². The Hall–Kier alpha value is -2.30. The lowest BCUT2D eigenvalue weighted by Gasteiger charge is -2.48. The van der Waals surface area contributed by atoms with Gasteiger partial charge in [0.2, 0.25) is 5.91 Å². The molecule has 5 heteroatoms. The molecule has 1 atom stereocenters. The minimum absolute atomic E-state index is 0.00431. The maximum absolute atomic E-state index is 12.3. The molecule has 22 heavy (non-hydrogen) atoms. The highest BCUT2D eigenvalue weighted by atomic mass is 16.5. The molecule has 2 heterocycles. The molecular weight excluding hydrogens is 280 g/mol. The molecule has 4 rings (SSSR count). The third-order valence-electron chi connectivity index (χ3n) is 4.63. The van der Waals surface area contributed by atoms with E-state index in [0.29, 0.717) is 5.69 Å². The fourth-order valence-corrected chi connectivity index (χ4v) is 3.36. The molecule has 0 bridgehead atoms. The second-order valence-corrected chi connectivity index (χ2v) is 6.17. The number of aromatic nitrogens is 1. The van der Waals surface area contributed by atoms with Crippen molar-refractivity contribution < 1.29 is 14.1 Å². The van der Waals surface area contributed by atoms with Crippen LogP contribution in [0.2, 0.25) is 0 Å². The van der Waals surface area contributed by atoms with Gasteiger partial charge in [-0.25, -0.2) is 0 Å². The van der Waals surface area contributed by atoms with Gasteiger partial charge in [-0.05, 0) is 25.3 Å². The Morgan fingerprint density at radius 3 is 2.91 bits per heavy atom. The minimum atomic E-state index is -0.0831. The van der Waals surface area contributed by atoms with Crippen molar-refractivity contribution in [3.8, 4) is 5.75 Å². The summed E-state index contributed by atoms with van der Waals surface area (Å²) in [6.07, 6.45) is 5.89. The Kier molecular flexibility index (Phi) is 3.13. The molecule has 1 aliphatic heterocycles. The summed E-state index contributed by atoms with van der Waals surface area (Å²) in [5.41, 5.74) is 1.63. The van der Waals surface area contributed by atoms with Crippen LogP contribution in [-0.4, -0.2) is 16.7 Å². The Morgan fingerprint density at radius 1 is 1.32 bits per heavy atom. The number of rotatable bonds is 3. The van der Waals surface area contributed by atoms with Crippen LogP contribution >= 0.6 is 0 Å². The standard InChI is InChI=1S/C17H18N2O3/c20-16(10-12-6-9-21-19-12)18-14-11-17(7-3-8-17)22-15-5-2-1-4-13(14)15/h1-2,4-6,9,14H,3,7-8,10-11H2,(H,18,20)/t14-/m1/s1. The number of carbonyl (C=O) groups is 1. The molecule has 1 aromatic heterocycles. The van der Waals surface area contributed by atoms with E-state index in [2.05, 4.69) is 10.5 Å². The van der Waals surface area contributed by atoms with E-state index < -0.39 is 0 Å². The average molecular weight is 298 g/mol. The average Bonchev–Trinajstić information content (AvgIpc) is 2.98. The summed E-state index contributed by atoms with van der Waals surface area (Å²) in [5, 5.41) is 6.93. The molecule has 0 saturated heterocycles. The van der Waals surface area contributed by atoms with Gasteiger partial charge in [0, 0.05) is 18.1 Å². The molecule has 1 amide bonds. The summed E-state index contributed by atoms with van der Waals surface area (Å²) in [5.74, 6) is 0.866. The van der Waals surface area contributed by atoms with Crippen LogP contribution in [0.25, 0.3) is 0 Å². The van der Waals surface area contributed by atoms with Crippen molar-refractivity contribution in [2.45, 2.75) is 43.7 Å². The van der Waals surface area contributed by atoms with Gasteiger partial charge in [-0.15, -0.1) is 0 Å². The van der Waals surface area contributed by atoms with Gasteiger partial charge in [0.05, 0.1) is 18.2 Å². The van der Waals surface area contributed by atoms with Crippen molar-refractivity contribution in [3.63, 3.8) is 0 Å². The Morgan fingerprint density at radius 2 is 2.18 bits per heavy atom. The van der Waals surface area contributed by atoms with E-state index in [4.69, 9.17) is 9.26 Å². The number of hydrogen-bond donors (Lipinski definition) is 1. The molecule has 1 N–H and O–H groups in total. The zero-order chi connectivity index (χ0) is 15.0. The number of fused-ring (bicyclic) bond motifs is 1. The zero-order valence-electron chi connectivity index (χ0n) is 12.2. The largest absolute Gasteiger partial charge is 0.487 e. The first-order valence-electron chi connectivity index (χ1n) is 7.71. The number of nitrogens with one attached hydrogen (secondary N) is 1. The van der Waals surface area contributed by atoms with Crippen molar-refractivity contribution in [1.29, 1.82) is 0 Å². The molecule has 1 saturated carbocycles. The van der Waals surface area contributed by atoms with Crippen molar-refractivity contribution in [1.82, 2.24) is 10.5 Å². The van der Waals surface area contributed by atoms with Crippen LogP contribution in [0, 0.1) is 0 Å². The van der Waals surface area contributed by atoms with Crippen LogP contribution in [0.1, 0.15) is 43.0 Å². The van der Waals surface area contributed by atoms with Crippen molar-refractivity contribution in [2.75, 3.05) is 0 Å². The molecule has 2 aliphatic rings. The van der Waals surface area contributed by atoms with Crippen LogP contribution < -0.4 is 10.1 Å². The lowest BCUT2D eigenvalue weighted by Crippen LogP contribution is -2.49. The van der Waals surface area contributed by atoms with Gasteiger partial charge in [-0.3, -0.25) is 4.79 Å². The molecule has 5 nitrogen and oxygen atoms in total. The summed E-state index contributed by atoms with van der Waals surface area (Å²) in [7, 11) is 0. The SMILES string of the molecule is O=C(Cc1ccon1)N[C@@H]1CC2(CCC2)Oc2ccccc21. The molecule has 2 aromatic rings. The Bertz CT molecular complexity index is 677. The third kappa shape index (κ3) is 2.36. The van der Waals surface area contributed by atoms with Gasteiger partial charge < -0.3 is 14.6 Å². The number of ether oxygens (including phenoxy) is 1. The van der Waals surface area contributed by atoms with Crippen LogP contribution in [0.4, 0.5) is 0 Å². The number of para-hydroxylation sites is 1. The third-order valence-corrected chi connectivity index (χ3v) is 4.63. The van der Waals surface area contributed by atoms with E-state index in [1.54, 1.807) is 6.07 Å². The molecule has 1 fully saturated rings. The monoisotopic (exact) mass is 298 g/mol. The lowest BCUT2D eigenvalue weighted by atomic mass is 9.73. The Balaban J connectivity index is 1.53. The minimum Gasteiger partial charge on any atom is -0.487 e. The quantitative estimate of drug-likeness (QED) is 0.946. The van der Waals surface area contributed by atoms with E-state index in [9.17, 15) is 4.79 Å².